The van der Waals surface area contributed by atoms with Crippen molar-refractivity contribution >= 4 is 5.97 Å². The number of aryl methyl sites for hydroxylation is 1. The number of carbonyl (C=O) groups is 1. The van der Waals surface area contributed by atoms with Crippen LogP contribution in [-0.4, -0.2) is 13.1 Å². The standard InChI is InChI=1S/C17H17FO3/c1-20-15-7-4-5-13(11-15)9-10-17(19)21-12-14-6-2-3-8-16(14)18/h2-8,11H,9-10,12H2,1H3. The second-order valence-corrected chi connectivity index (χ2v) is 4.60. The third-order valence-electron chi connectivity index (χ3n) is 3.10. The molecule has 0 N–H and O–H groups in total. The Bertz CT molecular complexity index is 610. The Hall–Kier alpha value is -2.36. The van der Waals surface area contributed by atoms with E-state index >= 15 is 0 Å². The number of hydrogen-bond donors (Lipinski definition) is 0. The Labute approximate surface area is 123 Å². The molecule has 0 aliphatic carbocycles. The van der Waals surface area contributed by atoms with Gasteiger partial charge in [-0.15, -0.1) is 0 Å². The van der Waals surface area contributed by atoms with Crippen LogP contribution in [0.15, 0.2) is 48.5 Å². The summed E-state index contributed by atoms with van der Waals surface area (Å²) >= 11 is 0. The number of halogens is 1. The van der Waals surface area contributed by atoms with Gasteiger partial charge in [0.15, 0.2) is 0 Å². The predicted octanol–water partition coefficient (Wildman–Crippen LogP) is 3.51. The van der Waals surface area contributed by atoms with Gasteiger partial charge in [-0.1, -0.05) is 30.3 Å². The Balaban J connectivity index is 1.81. The van der Waals surface area contributed by atoms with E-state index in [1.54, 1.807) is 25.3 Å². The average molecular weight is 288 g/mol. The SMILES string of the molecule is COc1cccc(CCC(=O)OCc2ccccc2F)c1. The van der Waals surface area contributed by atoms with Gasteiger partial charge in [-0.05, 0) is 30.2 Å². The highest BCUT2D eigenvalue weighted by molar-refractivity contribution is 5.69. The molecule has 0 atom stereocenters. The molecule has 0 saturated carbocycles. The van der Waals surface area contributed by atoms with Crippen molar-refractivity contribution in [3.63, 3.8) is 0 Å². The van der Waals surface area contributed by atoms with Gasteiger partial charge in [0.1, 0.15) is 18.2 Å². The van der Waals surface area contributed by atoms with Crippen LogP contribution in [0.5, 0.6) is 5.75 Å². The van der Waals surface area contributed by atoms with Crippen molar-refractivity contribution in [2.24, 2.45) is 0 Å². The minimum Gasteiger partial charge on any atom is -0.497 e. The van der Waals surface area contributed by atoms with E-state index in [-0.39, 0.29) is 24.8 Å². The van der Waals surface area contributed by atoms with Gasteiger partial charge >= 0.3 is 5.97 Å². The van der Waals surface area contributed by atoms with Crippen molar-refractivity contribution in [3.8, 4) is 5.75 Å². The molecule has 0 spiro atoms. The Morgan fingerprint density at radius 1 is 1.14 bits per heavy atom. The first-order chi connectivity index (χ1) is 10.2. The molecule has 21 heavy (non-hydrogen) atoms. The van der Waals surface area contributed by atoms with Crippen molar-refractivity contribution in [1.82, 2.24) is 0 Å². The zero-order valence-corrected chi connectivity index (χ0v) is 11.8. The van der Waals surface area contributed by atoms with Gasteiger partial charge in [-0.25, -0.2) is 4.39 Å². The van der Waals surface area contributed by atoms with Crippen LogP contribution in [0.4, 0.5) is 4.39 Å². The van der Waals surface area contributed by atoms with E-state index < -0.39 is 0 Å². The largest absolute Gasteiger partial charge is 0.497 e. The van der Waals surface area contributed by atoms with Crippen LogP contribution in [0.3, 0.4) is 0 Å². The lowest BCUT2D eigenvalue weighted by molar-refractivity contribution is -0.144. The molecule has 0 aliphatic heterocycles. The van der Waals surface area contributed by atoms with E-state index in [4.69, 9.17) is 9.47 Å². The molecule has 0 heterocycles. The van der Waals surface area contributed by atoms with Crippen molar-refractivity contribution in [2.75, 3.05) is 7.11 Å². The van der Waals surface area contributed by atoms with Crippen LogP contribution < -0.4 is 4.74 Å². The molecule has 0 aromatic heterocycles. The molecule has 0 unspecified atom stereocenters. The maximum absolute atomic E-state index is 13.4. The lowest BCUT2D eigenvalue weighted by Gasteiger charge is -2.07. The zero-order chi connectivity index (χ0) is 15.1. The molecule has 0 amide bonds. The summed E-state index contributed by atoms with van der Waals surface area (Å²) in [6.07, 6.45) is 0.814. The molecule has 4 heteroatoms. The topological polar surface area (TPSA) is 35.5 Å². The van der Waals surface area contributed by atoms with Gasteiger partial charge in [-0.3, -0.25) is 4.79 Å². The van der Waals surface area contributed by atoms with Crippen LogP contribution in [0, 0.1) is 5.82 Å². The number of ether oxygens (including phenoxy) is 2. The maximum Gasteiger partial charge on any atom is 0.306 e. The molecule has 2 aromatic rings. The van der Waals surface area contributed by atoms with Crippen LogP contribution in [0.2, 0.25) is 0 Å². The fourth-order valence-corrected chi connectivity index (χ4v) is 1.92. The molecule has 0 aliphatic rings. The van der Waals surface area contributed by atoms with Gasteiger partial charge in [0.2, 0.25) is 0 Å². The first kappa shape index (κ1) is 15.0. The maximum atomic E-state index is 13.4. The number of esters is 1. The minimum atomic E-state index is -0.363. The minimum absolute atomic E-state index is 0.0381. The molecule has 2 aromatic carbocycles. The summed E-state index contributed by atoms with van der Waals surface area (Å²) in [5.74, 6) is 0.0476. The normalized spacial score (nSPS) is 10.2. The van der Waals surface area contributed by atoms with E-state index in [2.05, 4.69) is 0 Å². The molecule has 0 bridgehead atoms. The lowest BCUT2D eigenvalue weighted by atomic mass is 10.1. The number of hydrogen-bond acceptors (Lipinski definition) is 3. The van der Waals surface area contributed by atoms with Crippen molar-refractivity contribution < 1.29 is 18.7 Å². The smallest absolute Gasteiger partial charge is 0.306 e. The molecule has 0 saturated heterocycles. The third kappa shape index (κ3) is 4.60. The van der Waals surface area contributed by atoms with Crippen molar-refractivity contribution in [1.29, 1.82) is 0 Å². The lowest BCUT2D eigenvalue weighted by Crippen LogP contribution is -2.06. The molecule has 0 radical (unpaired) electrons. The van der Waals surface area contributed by atoms with Crippen LogP contribution in [0.25, 0.3) is 0 Å². The van der Waals surface area contributed by atoms with E-state index in [0.717, 1.165) is 11.3 Å². The van der Waals surface area contributed by atoms with Crippen LogP contribution >= 0.6 is 0 Å². The second kappa shape index (κ2) is 7.43. The highest BCUT2D eigenvalue weighted by Crippen LogP contribution is 2.14. The highest BCUT2D eigenvalue weighted by atomic mass is 19.1. The Kier molecular flexibility index (Phi) is 5.32. The second-order valence-electron chi connectivity index (χ2n) is 4.60. The van der Waals surface area contributed by atoms with E-state index in [9.17, 15) is 9.18 Å². The number of benzene rings is 2. The first-order valence-electron chi connectivity index (χ1n) is 6.71. The summed E-state index contributed by atoms with van der Waals surface area (Å²) < 4.78 is 23.6. The number of carbonyl (C=O) groups excluding carboxylic acids is 1. The molecule has 110 valence electrons. The Morgan fingerprint density at radius 3 is 2.71 bits per heavy atom. The van der Waals surface area contributed by atoms with E-state index in [1.807, 2.05) is 24.3 Å². The summed E-state index contributed by atoms with van der Waals surface area (Å²) in [4.78, 5) is 11.7. The van der Waals surface area contributed by atoms with Crippen LogP contribution in [-0.2, 0) is 22.6 Å². The summed E-state index contributed by atoms with van der Waals surface area (Å²) in [7, 11) is 1.60. The van der Waals surface area contributed by atoms with Gasteiger partial charge in [-0.2, -0.15) is 0 Å². The van der Waals surface area contributed by atoms with Gasteiger partial charge in [0, 0.05) is 12.0 Å². The fraction of sp³-hybridized carbons (Fsp3) is 0.235. The fourth-order valence-electron chi connectivity index (χ4n) is 1.92. The number of methoxy groups -OCH3 is 1. The van der Waals surface area contributed by atoms with Crippen molar-refractivity contribution in [3.05, 3.63) is 65.5 Å². The summed E-state index contributed by atoms with van der Waals surface area (Å²) in [5, 5.41) is 0. The Morgan fingerprint density at radius 2 is 1.95 bits per heavy atom. The monoisotopic (exact) mass is 288 g/mol. The van der Waals surface area contributed by atoms with Crippen molar-refractivity contribution in [2.45, 2.75) is 19.4 Å². The molecular formula is C17H17FO3. The predicted molar refractivity (Wildman–Crippen MR) is 77.5 cm³/mol. The molecule has 3 nitrogen and oxygen atoms in total. The van der Waals surface area contributed by atoms with Gasteiger partial charge in [0.05, 0.1) is 7.11 Å². The third-order valence-corrected chi connectivity index (χ3v) is 3.10. The van der Waals surface area contributed by atoms with E-state index in [0.29, 0.717) is 12.0 Å². The number of rotatable bonds is 6. The molecular weight excluding hydrogens is 271 g/mol. The zero-order valence-electron chi connectivity index (χ0n) is 11.8. The average Bonchev–Trinajstić information content (AvgIpc) is 2.52. The highest BCUT2D eigenvalue weighted by Gasteiger charge is 2.07. The quantitative estimate of drug-likeness (QED) is 0.763. The van der Waals surface area contributed by atoms with Crippen LogP contribution in [0.1, 0.15) is 17.5 Å². The molecule has 0 fully saturated rings. The van der Waals surface area contributed by atoms with E-state index in [1.165, 1.54) is 6.07 Å². The molecule has 2 rings (SSSR count). The summed E-state index contributed by atoms with van der Waals surface area (Å²) in [6, 6.07) is 13.8. The van der Waals surface area contributed by atoms with Gasteiger partial charge < -0.3 is 9.47 Å². The summed E-state index contributed by atoms with van der Waals surface area (Å²) in [6.45, 7) is -0.0381. The first-order valence-corrected chi connectivity index (χ1v) is 6.71. The summed E-state index contributed by atoms with van der Waals surface area (Å²) in [5.41, 5.74) is 1.38. The van der Waals surface area contributed by atoms with Gasteiger partial charge in [0.25, 0.3) is 0 Å².